The molecule has 0 radical (unpaired) electrons. The van der Waals surface area contributed by atoms with Crippen LogP contribution < -0.4 is 0 Å². The molecule has 76 valence electrons. The SMILES string of the molecule is Oc1ccccc1CC1CCCSC1. The monoisotopic (exact) mass is 208 g/mol. The third kappa shape index (κ3) is 2.44. The van der Waals surface area contributed by atoms with Gasteiger partial charge in [-0.3, -0.25) is 0 Å². The molecule has 2 rings (SSSR count). The zero-order valence-corrected chi connectivity index (χ0v) is 9.09. The molecule has 0 bridgehead atoms. The van der Waals surface area contributed by atoms with Gasteiger partial charge in [-0.2, -0.15) is 11.8 Å². The molecule has 1 aliphatic heterocycles. The smallest absolute Gasteiger partial charge is 0.118 e. The number of phenols is 1. The average molecular weight is 208 g/mol. The second kappa shape index (κ2) is 4.74. The average Bonchev–Trinajstić information content (AvgIpc) is 2.23. The first-order valence-corrected chi connectivity index (χ1v) is 6.36. The molecule has 1 aliphatic rings. The third-order valence-corrected chi connectivity index (χ3v) is 4.04. The molecule has 0 spiro atoms. The Morgan fingerprint density at radius 2 is 2.21 bits per heavy atom. The van der Waals surface area contributed by atoms with Crippen molar-refractivity contribution in [3.8, 4) is 5.75 Å². The lowest BCUT2D eigenvalue weighted by Gasteiger charge is -2.21. The Morgan fingerprint density at radius 1 is 1.36 bits per heavy atom. The van der Waals surface area contributed by atoms with Crippen LogP contribution in [-0.2, 0) is 6.42 Å². The quantitative estimate of drug-likeness (QED) is 0.806. The Bertz CT molecular complexity index is 292. The molecule has 1 aromatic rings. The van der Waals surface area contributed by atoms with E-state index in [9.17, 15) is 5.11 Å². The van der Waals surface area contributed by atoms with Gasteiger partial charge in [0.15, 0.2) is 0 Å². The van der Waals surface area contributed by atoms with Gasteiger partial charge in [0.25, 0.3) is 0 Å². The molecule has 1 unspecified atom stereocenters. The van der Waals surface area contributed by atoms with Crippen LogP contribution in [0.25, 0.3) is 0 Å². The molecule has 1 atom stereocenters. The first kappa shape index (κ1) is 9.91. The normalized spacial score (nSPS) is 22.1. The number of benzene rings is 1. The molecule has 2 heteroatoms. The standard InChI is InChI=1S/C12H16OS/c13-12-6-2-1-5-11(12)8-10-4-3-7-14-9-10/h1-2,5-6,10,13H,3-4,7-9H2. The lowest BCUT2D eigenvalue weighted by molar-refractivity contribution is 0.453. The predicted octanol–water partition coefficient (Wildman–Crippen LogP) is 3.08. The molecular formula is C12H16OS. The number of phenolic OH excluding ortho intramolecular Hbond substituents is 1. The Morgan fingerprint density at radius 3 is 2.93 bits per heavy atom. The van der Waals surface area contributed by atoms with E-state index >= 15 is 0 Å². The van der Waals surface area contributed by atoms with Gasteiger partial charge in [0.1, 0.15) is 5.75 Å². The summed E-state index contributed by atoms with van der Waals surface area (Å²) in [6.07, 6.45) is 3.70. The third-order valence-electron chi connectivity index (χ3n) is 2.75. The number of aromatic hydroxyl groups is 1. The van der Waals surface area contributed by atoms with E-state index in [0.29, 0.717) is 5.75 Å². The molecule has 1 nitrogen and oxygen atoms in total. The lowest BCUT2D eigenvalue weighted by Crippen LogP contribution is -2.13. The minimum Gasteiger partial charge on any atom is -0.508 e. The van der Waals surface area contributed by atoms with Gasteiger partial charge in [-0.15, -0.1) is 0 Å². The molecule has 1 N–H and O–H groups in total. The van der Waals surface area contributed by atoms with Gasteiger partial charge in [-0.05, 0) is 48.3 Å². The second-order valence-electron chi connectivity index (χ2n) is 3.92. The van der Waals surface area contributed by atoms with Crippen molar-refractivity contribution < 1.29 is 5.11 Å². The molecule has 0 amide bonds. The highest BCUT2D eigenvalue weighted by Crippen LogP contribution is 2.28. The molecule has 14 heavy (non-hydrogen) atoms. The first-order chi connectivity index (χ1) is 6.86. The van der Waals surface area contributed by atoms with Crippen LogP contribution >= 0.6 is 11.8 Å². The molecule has 1 saturated heterocycles. The van der Waals surface area contributed by atoms with Crippen molar-refractivity contribution in [2.75, 3.05) is 11.5 Å². The van der Waals surface area contributed by atoms with E-state index in [1.807, 2.05) is 30.0 Å². The molecule has 0 saturated carbocycles. The van der Waals surface area contributed by atoms with E-state index in [1.54, 1.807) is 6.07 Å². The highest BCUT2D eigenvalue weighted by molar-refractivity contribution is 7.99. The number of thioether (sulfide) groups is 1. The topological polar surface area (TPSA) is 20.2 Å². The second-order valence-corrected chi connectivity index (χ2v) is 5.07. The zero-order valence-electron chi connectivity index (χ0n) is 8.28. The van der Waals surface area contributed by atoms with Crippen LogP contribution in [0, 0.1) is 5.92 Å². The lowest BCUT2D eigenvalue weighted by atomic mass is 9.96. The van der Waals surface area contributed by atoms with Crippen molar-refractivity contribution in [2.24, 2.45) is 5.92 Å². The summed E-state index contributed by atoms with van der Waals surface area (Å²) in [7, 11) is 0. The Hall–Kier alpha value is -0.630. The number of para-hydroxylation sites is 1. The van der Waals surface area contributed by atoms with Crippen LogP contribution in [0.1, 0.15) is 18.4 Å². The molecule has 0 aromatic heterocycles. The van der Waals surface area contributed by atoms with Crippen LogP contribution in [0.3, 0.4) is 0 Å². The maximum atomic E-state index is 9.63. The summed E-state index contributed by atoms with van der Waals surface area (Å²) in [5.74, 6) is 3.80. The number of hydrogen-bond donors (Lipinski definition) is 1. The Balaban J connectivity index is 1.99. The maximum Gasteiger partial charge on any atom is 0.118 e. The minimum atomic E-state index is 0.461. The number of hydrogen-bond acceptors (Lipinski definition) is 2. The van der Waals surface area contributed by atoms with Crippen molar-refractivity contribution in [1.29, 1.82) is 0 Å². The summed E-state index contributed by atoms with van der Waals surface area (Å²) in [5, 5.41) is 9.63. The van der Waals surface area contributed by atoms with Gasteiger partial charge in [0, 0.05) is 0 Å². The van der Waals surface area contributed by atoms with E-state index < -0.39 is 0 Å². The minimum absolute atomic E-state index is 0.461. The fourth-order valence-corrected chi connectivity index (χ4v) is 3.12. The number of rotatable bonds is 2. The van der Waals surface area contributed by atoms with Crippen molar-refractivity contribution in [1.82, 2.24) is 0 Å². The summed E-state index contributed by atoms with van der Waals surface area (Å²) in [4.78, 5) is 0. The zero-order chi connectivity index (χ0) is 9.80. The van der Waals surface area contributed by atoms with Gasteiger partial charge in [-0.1, -0.05) is 18.2 Å². The molecule has 1 aromatic carbocycles. The summed E-state index contributed by atoms with van der Waals surface area (Å²) < 4.78 is 0. The molecule has 1 heterocycles. The Labute approximate surface area is 89.5 Å². The van der Waals surface area contributed by atoms with Gasteiger partial charge >= 0.3 is 0 Å². The van der Waals surface area contributed by atoms with Crippen LogP contribution in [0.5, 0.6) is 5.75 Å². The summed E-state index contributed by atoms with van der Waals surface area (Å²) in [6, 6.07) is 7.71. The van der Waals surface area contributed by atoms with E-state index in [4.69, 9.17) is 0 Å². The summed E-state index contributed by atoms with van der Waals surface area (Å²) in [5.41, 5.74) is 1.11. The summed E-state index contributed by atoms with van der Waals surface area (Å²) >= 11 is 2.05. The van der Waals surface area contributed by atoms with E-state index in [0.717, 1.165) is 17.9 Å². The van der Waals surface area contributed by atoms with Gasteiger partial charge < -0.3 is 5.11 Å². The van der Waals surface area contributed by atoms with Gasteiger partial charge in [0.2, 0.25) is 0 Å². The van der Waals surface area contributed by atoms with Gasteiger partial charge in [-0.25, -0.2) is 0 Å². The largest absolute Gasteiger partial charge is 0.508 e. The van der Waals surface area contributed by atoms with Crippen molar-refractivity contribution in [3.63, 3.8) is 0 Å². The van der Waals surface area contributed by atoms with E-state index in [-0.39, 0.29) is 0 Å². The molecule has 1 fully saturated rings. The van der Waals surface area contributed by atoms with Crippen LogP contribution in [0.15, 0.2) is 24.3 Å². The van der Waals surface area contributed by atoms with Crippen LogP contribution in [0.4, 0.5) is 0 Å². The van der Waals surface area contributed by atoms with E-state index in [2.05, 4.69) is 0 Å². The first-order valence-electron chi connectivity index (χ1n) is 5.21. The van der Waals surface area contributed by atoms with Crippen LogP contribution in [0.2, 0.25) is 0 Å². The molecule has 0 aliphatic carbocycles. The highest BCUT2D eigenvalue weighted by Gasteiger charge is 2.15. The highest BCUT2D eigenvalue weighted by atomic mass is 32.2. The van der Waals surface area contributed by atoms with E-state index in [1.165, 1.54) is 24.3 Å². The van der Waals surface area contributed by atoms with Crippen molar-refractivity contribution >= 4 is 11.8 Å². The maximum absolute atomic E-state index is 9.63. The predicted molar refractivity (Wildman–Crippen MR) is 61.9 cm³/mol. The van der Waals surface area contributed by atoms with Crippen molar-refractivity contribution in [2.45, 2.75) is 19.3 Å². The van der Waals surface area contributed by atoms with Crippen LogP contribution in [-0.4, -0.2) is 16.6 Å². The fourth-order valence-electron chi connectivity index (χ4n) is 1.96. The fraction of sp³-hybridized carbons (Fsp3) is 0.500. The molecular weight excluding hydrogens is 192 g/mol. The Kier molecular flexibility index (Phi) is 3.35. The van der Waals surface area contributed by atoms with Gasteiger partial charge in [0.05, 0.1) is 0 Å². The summed E-state index contributed by atoms with van der Waals surface area (Å²) in [6.45, 7) is 0. The van der Waals surface area contributed by atoms with Crippen molar-refractivity contribution in [3.05, 3.63) is 29.8 Å².